The zero-order valence-corrected chi connectivity index (χ0v) is 19.7. The van der Waals surface area contributed by atoms with Crippen LogP contribution >= 0.6 is 0 Å². The lowest BCUT2D eigenvalue weighted by Crippen LogP contribution is -2.31. The van der Waals surface area contributed by atoms with Gasteiger partial charge in [-0.3, -0.25) is 18.9 Å². The van der Waals surface area contributed by atoms with Crippen molar-refractivity contribution in [2.24, 2.45) is 0 Å². The zero-order valence-electron chi connectivity index (χ0n) is 19.7. The van der Waals surface area contributed by atoms with Crippen LogP contribution in [0, 0.1) is 0 Å². The highest BCUT2D eigenvalue weighted by Gasteiger charge is 2.22. The van der Waals surface area contributed by atoms with Crippen LogP contribution in [0.25, 0.3) is 5.65 Å². The third kappa shape index (κ3) is 5.34. The van der Waals surface area contributed by atoms with Gasteiger partial charge in [0.25, 0.3) is 5.91 Å². The molecule has 2 aromatic heterocycles. The second kappa shape index (κ2) is 10.4. The summed E-state index contributed by atoms with van der Waals surface area (Å²) in [5.74, 6) is 0.653. The average molecular weight is 436 g/mol. The van der Waals surface area contributed by atoms with E-state index in [0.29, 0.717) is 30.8 Å². The highest BCUT2D eigenvalue weighted by molar-refractivity contribution is 5.96. The second-order valence-electron chi connectivity index (χ2n) is 8.38. The van der Waals surface area contributed by atoms with Gasteiger partial charge in [0.1, 0.15) is 11.5 Å². The van der Waals surface area contributed by atoms with Gasteiger partial charge in [0.05, 0.1) is 17.7 Å². The molecule has 0 atom stereocenters. The summed E-state index contributed by atoms with van der Waals surface area (Å²) < 4.78 is 1.86. The van der Waals surface area contributed by atoms with E-state index >= 15 is 0 Å². The fourth-order valence-corrected chi connectivity index (χ4v) is 3.75. The first-order valence-electron chi connectivity index (χ1n) is 11.0. The number of hydrogen-bond acceptors (Lipinski definition) is 4. The lowest BCUT2D eigenvalue weighted by atomic mass is 10.1. The normalized spacial score (nSPS) is 11.2. The minimum Gasteiger partial charge on any atom is -0.342 e. The van der Waals surface area contributed by atoms with Gasteiger partial charge in [0.2, 0.25) is 5.91 Å². The molecule has 7 nitrogen and oxygen atoms in total. The quantitative estimate of drug-likeness (QED) is 0.518. The van der Waals surface area contributed by atoms with Crippen LogP contribution in [0.15, 0.2) is 48.7 Å². The Morgan fingerprint density at radius 1 is 0.969 bits per heavy atom. The Kier molecular flexibility index (Phi) is 7.64. The maximum Gasteiger partial charge on any atom is 0.255 e. The molecule has 3 aromatic rings. The summed E-state index contributed by atoms with van der Waals surface area (Å²) in [5.41, 5.74) is 3.10. The van der Waals surface area contributed by atoms with E-state index in [1.54, 1.807) is 23.0 Å². The van der Waals surface area contributed by atoms with E-state index in [-0.39, 0.29) is 11.8 Å². The predicted octanol–water partition coefficient (Wildman–Crippen LogP) is 3.13. The molecule has 2 heterocycles. The standard InChI is InChI=1S/C25H33N5O2/c1-6-21-24(29(5)23(31)17-19-11-8-7-9-12-19)30-18-20(13-14-22(30)26-21)25(32)28(4)16-10-15-27(2)3/h7-9,11-14,18H,6,10,15-17H2,1-5H3. The molecule has 1 aromatic carbocycles. The molecule has 0 aliphatic rings. The summed E-state index contributed by atoms with van der Waals surface area (Å²) in [5, 5.41) is 0. The van der Waals surface area contributed by atoms with Crippen molar-refractivity contribution in [1.82, 2.24) is 19.2 Å². The summed E-state index contributed by atoms with van der Waals surface area (Å²) in [7, 11) is 7.65. The molecule has 0 N–H and O–H groups in total. The second-order valence-corrected chi connectivity index (χ2v) is 8.38. The first kappa shape index (κ1) is 23.5. The molecule has 0 spiro atoms. The molecule has 32 heavy (non-hydrogen) atoms. The van der Waals surface area contributed by atoms with Gasteiger partial charge in [-0.25, -0.2) is 4.98 Å². The van der Waals surface area contributed by atoms with Crippen molar-refractivity contribution in [2.75, 3.05) is 46.2 Å². The Bertz CT molecular complexity index is 1070. The van der Waals surface area contributed by atoms with E-state index in [9.17, 15) is 9.59 Å². The third-order valence-corrected chi connectivity index (χ3v) is 5.58. The summed E-state index contributed by atoms with van der Waals surface area (Å²) in [6, 6.07) is 13.4. The number of aromatic nitrogens is 2. The molecular formula is C25H33N5O2. The minimum atomic E-state index is -0.0402. The van der Waals surface area contributed by atoms with Crippen LogP contribution in [-0.2, 0) is 17.6 Å². The minimum absolute atomic E-state index is 0.0229. The van der Waals surface area contributed by atoms with Crippen LogP contribution < -0.4 is 4.90 Å². The fraction of sp³-hybridized carbons (Fsp3) is 0.400. The van der Waals surface area contributed by atoms with Crippen molar-refractivity contribution in [3.05, 3.63) is 65.5 Å². The summed E-state index contributed by atoms with van der Waals surface area (Å²) in [6.07, 6.45) is 3.70. The van der Waals surface area contributed by atoms with E-state index in [4.69, 9.17) is 4.98 Å². The van der Waals surface area contributed by atoms with E-state index in [1.807, 2.05) is 74.9 Å². The van der Waals surface area contributed by atoms with Crippen molar-refractivity contribution < 1.29 is 9.59 Å². The smallest absolute Gasteiger partial charge is 0.255 e. The van der Waals surface area contributed by atoms with Crippen molar-refractivity contribution in [3.8, 4) is 0 Å². The van der Waals surface area contributed by atoms with E-state index < -0.39 is 0 Å². The van der Waals surface area contributed by atoms with E-state index in [2.05, 4.69) is 4.90 Å². The Morgan fingerprint density at radius 3 is 2.34 bits per heavy atom. The topological polar surface area (TPSA) is 61.2 Å². The van der Waals surface area contributed by atoms with Crippen molar-refractivity contribution in [2.45, 2.75) is 26.2 Å². The fourth-order valence-electron chi connectivity index (χ4n) is 3.75. The maximum atomic E-state index is 13.0. The molecule has 170 valence electrons. The molecule has 0 unspecified atom stereocenters. The number of likely N-dealkylation sites (N-methyl/N-ethyl adjacent to an activating group) is 1. The van der Waals surface area contributed by atoms with Crippen LogP contribution in [0.4, 0.5) is 5.82 Å². The van der Waals surface area contributed by atoms with E-state index in [1.165, 1.54) is 0 Å². The van der Waals surface area contributed by atoms with Crippen LogP contribution in [0.5, 0.6) is 0 Å². The Morgan fingerprint density at radius 2 is 1.69 bits per heavy atom. The SMILES string of the molecule is CCc1nc2ccc(C(=O)N(C)CCCN(C)C)cn2c1N(C)C(=O)Cc1ccccc1. The van der Waals surface area contributed by atoms with Gasteiger partial charge >= 0.3 is 0 Å². The van der Waals surface area contributed by atoms with Gasteiger partial charge < -0.3 is 9.80 Å². The van der Waals surface area contributed by atoms with Crippen LogP contribution in [0.2, 0.25) is 0 Å². The molecule has 0 saturated carbocycles. The number of fused-ring (bicyclic) bond motifs is 1. The molecule has 0 aliphatic heterocycles. The molecule has 0 saturated heterocycles. The molecule has 2 amide bonds. The van der Waals surface area contributed by atoms with Crippen molar-refractivity contribution >= 4 is 23.3 Å². The van der Waals surface area contributed by atoms with Crippen molar-refractivity contribution in [3.63, 3.8) is 0 Å². The van der Waals surface area contributed by atoms with Crippen molar-refractivity contribution in [1.29, 1.82) is 0 Å². The molecule has 7 heteroatoms. The lowest BCUT2D eigenvalue weighted by molar-refractivity contribution is -0.117. The van der Waals surface area contributed by atoms with Gasteiger partial charge in [-0.05, 0) is 51.2 Å². The molecular weight excluding hydrogens is 402 g/mol. The number of carbonyl (C=O) groups excluding carboxylic acids is 2. The van der Waals surface area contributed by atoms with Gasteiger partial charge in [0.15, 0.2) is 0 Å². The molecule has 0 radical (unpaired) electrons. The van der Waals surface area contributed by atoms with Gasteiger partial charge in [-0.1, -0.05) is 37.3 Å². The zero-order chi connectivity index (χ0) is 23.3. The molecule has 3 rings (SSSR count). The summed E-state index contributed by atoms with van der Waals surface area (Å²) in [6.45, 7) is 3.63. The number of benzene rings is 1. The van der Waals surface area contributed by atoms with E-state index in [0.717, 1.165) is 29.9 Å². The Hall–Kier alpha value is -3.19. The highest BCUT2D eigenvalue weighted by atomic mass is 16.2. The number of aryl methyl sites for hydroxylation is 1. The Labute approximate surface area is 190 Å². The van der Waals surface area contributed by atoms with Gasteiger partial charge in [0, 0.05) is 26.8 Å². The highest BCUT2D eigenvalue weighted by Crippen LogP contribution is 2.24. The Balaban J connectivity index is 1.87. The van der Waals surface area contributed by atoms with Crippen LogP contribution in [0.3, 0.4) is 0 Å². The molecule has 0 aliphatic carbocycles. The number of anilines is 1. The van der Waals surface area contributed by atoms with Gasteiger partial charge in [-0.2, -0.15) is 0 Å². The number of imidazole rings is 1. The number of amides is 2. The first-order valence-corrected chi connectivity index (χ1v) is 11.0. The third-order valence-electron chi connectivity index (χ3n) is 5.58. The summed E-state index contributed by atoms with van der Waals surface area (Å²) >= 11 is 0. The largest absolute Gasteiger partial charge is 0.342 e. The number of rotatable bonds is 9. The number of pyridine rings is 1. The van der Waals surface area contributed by atoms with Crippen LogP contribution in [0.1, 0.15) is 35.0 Å². The molecule has 0 fully saturated rings. The monoisotopic (exact) mass is 435 g/mol. The lowest BCUT2D eigenvalue weighted by Gasteiger charge is -2.20. The maximum absolute atomic E-state index is 13.0. The first-order chi connectivity index (χ1) is 15.3. The summed E-state index contributed by atoms with van der Waals surface area (Å²) in [4.78, 5) is 36.2. The number of nitrogens with zero attached hydrogens (tertiary/aromatic N) is 5. The average Bonchev–Trinajstić information content (AvgIpc) is 3.16. The number of hydrogen-bond donors (Lipinski definition) is 0. The predicted molar refractivity (Wildman–Crippen MR) is 128 cm³/mol. The van der Waals surface area contributed by atoms with Crippen LogP contribution in [-0.4, -0.2) is 72.3 Å². The van der Waals surface area contributed by atoms with Gasteiger partial charge in [-0.15, -0.1) is 0 Å². The molecule has 0 bridgehead atoms. The number of carbonyl (C=O) groups is 2.